The number of nitrogens with one attached hydrogen (secondary N) is 1. The van der Waals surface area contributed by atoms with Crippen LogP contribution >= 0.6 is 11.5 Å². The fourth-order valence-electron chi connectivity index (χ4n) is 3.96. The van der Waals surface area contributed by atoms with Crippen LogP contribution in [0, 0.1) is 0 Å². The molecule has 7 nitrogen and oxygen atoms in total. The maximum Gasteiger partial charge on any atom is 0.280 e. The van der Waals surface area contributed by atoms with Gasteiger partial charge < -0.3 is 5.32 Å². The number of aryl methyl sites for hydroxylation is 1. The molecule has 1 N–H and O–H groups in total. The number of rotatable bonds is 7. The van der Waals surface area contributed by atoms with Crippen molar-refractivity contribution >= 4 is 29.0 Å². The van der Waals surface area contributed by atoms with Crippen LogP contribution in [-0.4, -0.2) is 32.4 Å². The van der Waals surface area contributed by atoms with E-state index in [2.05, 4.69) is 26.8 Å². The fraction of sp³-hybridized carbons (Fsp3) is 0.348. The van der Waals surface area contributed by atoms with E-state index >= 15 is 0 Å². The van der Waals surface area contributed by atoms with Crippen LogP contribution in [0.15, 0.2) is 54.0 Å². The van der Waals surface area contributed by atoms with Crippen LogP contribution in [0.3, 0.4) is 0 Å². The van der Waals surface area contributed by atoms with Crippen molar-refractivity contribution in [3.63, 3.8) is 0 Å². The topological polar surface area (TPSA) is 88.1 Å². The van der Waals surface area contributed by atoms with Crippen LogP contribution in [0.2, 0.25) is 0 Å². The van der Waals surface area contributed by atoms with E-state index in [-0.39, 0.29) is 23.6 Å². The minimum Gasteiger partial charge on any atom is -0.351 e. The minimum absolute atomic E-state index is 0.124. The number of amides is 2. The molecule has 31 heavy (non-hydrogen) atoms. The Labute approximate surface area is 185 Å². The molecule has 8 heteroatoms. The van der Waals surface area contributed by atoms with Crippen molar-refractivity contribution < 1.29 is 9.59 Å². The molecule has 2 heterocycles. The summed E-state index contributed by atoms with van der Waals surface area (Å²) in [6, 6.07) is 12.3. The molecule has 160 valence electrons. The molecule has 1 aromatic carbocycles. The number of anilines is 1. The lowest BCUT2D eigenvalue weighted by Crippen LogP contribution is -2.46. The number of benzene rings is 1. The summed E-state index contributed by atoms with van der Waals surface area (Å²) in [6.45, 7) is 2.05. The van der Waals surface area contributed by atoms with E-state index < -0.39 is 6.04 Å². The molecule has 0 bridgehead atoms. The highest BCUT2D eigenvalue weighted by Gasteiger charge is 2.36. The van der Waals surface area contributed by atoms with Gasteiger partial charge in [-0.1, -0.05) is 42.5 Å². The second-order valence-corrected chi connectivity index (χ2v) is 8.25. The van der Waals surface area contributed by atoms with Crippen LogP contribution in [0.25, 0.3) is 0 Å². The maximum absolute atomic E-state index is 13.6. The smallest absolute Gasteiger partial charge is 0.280 e. The largest absolute Gasteiger partial charge is 0.351 e. The summed E-state index contributed by atoms with van der Waals surface area (Å²) in [6.07, 6.45) is 6.57. The van der Waals surface area contributed by atoms with Gasteiger partial charge in [-0.25, -0.2) is 0 Å². The number of hydrogen-bond acceptors (Lipinski definition) is 6. The SMILES string of the molecule is CCc1cccc(N(C(=O)c2csnn2)[C@@H](C(=O)NC2CCCC2)c2ccccn2)c1. The summed E-state index contributed by atoms with van der Waals surface area (Å²) in [5, 5.41) is 8.72. The molecular formula is C23H25N5O2S. The van der Waals surface area contributed by atoms with Crippen molar-refractivity contribution in [3.8, 4) is 0 Å². The van der Waals surface area contributed by atoms with E-state index in [0.29, 0.717) is 11.4 Å². The number of carbonyl (C=O) groups is 2. The first-order chi connectivity index (χ1) is 15.2. The molecule has 1 fully saturated rings. The minimum atomic E-state index is -0.914. The lowest BCUT2D eigenvalue weighted by Gasteiger charge is -2.31. The van der Waals surface area contributed by atoms with Crippen molar-refractivity contribution in [2.24, 2.45) is 0 Å². The molecule has 1 atom stereocenters. The molecule has 0 unspecified atom stereocenters. The third kappa shape index (κ3) is 4.80. The van der Waals surface area contributed by atoms with Crippen molar-refractivity contribution in [1.29, 1.82) is 0 Å². The molecule has 0 saturated heterocycles. The Morgan fingerprint density at radius 1 is 1.19 bits per heavy atom. The van der Waals surface area contributed by atoms with Gasteiger partial charge in [0, 0.05) is 23.3 Å². The van der Waals surface area contributed by atoms with Gasteiger partial charge in [0.1, 0.15) is 0 Å². The molecule has 0 radical (unpaired) electrons. The van der Waals surface area contributed by atoms with Crippen LogP contribution in [0.4, 0.5) is 5.69 Å². The molecule has 2 amide bonds. The van der Waals surface area contributed by atoms with Crippen molar-refractivity contribution in [2.75, 3.05) is 4.90 Å². The highest BCUT2D eigenvalue weighted by atomic mass is 32.1. The van der Waals surface area contributed by atoms with E-state index in [1.807, 2.05) is 30.3 Å². The van der Waals surface area contributed by atoms with Gasteiger partial charge in [0.2, 0.25) is 5.91 Å². The Hall–Kier alpha value is -3.13. The van der Waals surface area contributed by atoms with Gasteiger partial charge in [-0.3, -0.25) is 19.5 Å². The van der Waals surface area contributed by atoms with Gasteiger partial charge in [0.15, 0.2) is 11.7 Å². The normalized spacial score (nSPS) is 14.9. The summed E-state index contributed by atoms with van der Waals surface area (Å²) < 4.78 is 3.84. The van der Waals surface area contributed by atoms with Crippen LogP contribution in [0.1, 0.15) is 60.4 Å². The summed E-state index contributed by atoms with van der Waals surface area (Å²) in [7, 11) is 0. The zero-order valence-corrected chi connectivity index (χ0v) is 18.2. The van der Waals surface area contributed by atoms with E-state index in [1.54, 1.807) is 23.7 Å². The van der Waals surface area contributed by atoms with Gasteiger partial charge in [0.25, 0.3) is 5.91 Å². The molecule has 2 aromatic heterocycles. The second-order valence-electron chi connectivity index (χ2n) is 7.64. The Kier molecular flexibility index (Phi) is 6.66. The van der Waals surface area contributed by atoms with E-state index in [1.165, 1.54) is 4.90 Å². The zero-order chi connectivity index (χ0) is 21.6. The Morgan fingerprint density at radius 3 is 2.71 bits per heavy atom. The first kappa shape index (κ1) is 21.1. The summed E-state index contributed by atoms with van der Waals surface area (Å²) in [4.78, 5) is 33.1. The Balaban J connectivity index is 1.80. The number of nitrogens with zero attached hydrogens (tertiary/aromatic N) is 4. The highest BCUT2D eigenvalue weighted by molar-refractivity contribution is 7.03. The lowest BCUT2D eigenvalue weighted by molar-refractivity contribution is -0.123. The van der Waals surface area contributed by atoms with Gasteiger partial charge in [-0.2, -0.15) is 0 Å². The first-order valence-corrected chi connectivity index (χ1v) is 11.4. The lowest BCUT2D eigenvalue weighted by atomic mass is 10.1. The Bertz CT molecular complexity index is 1020. The predicted molar refractivity (Wildman–Crippen MR) is 120 cm³/mol. The second kappa shape index (κ2) is 9.78. The number of hydrogen-bond donors (Lipinski definition) is 1. The molecule has 0 aliphatic heterocycles. The molecule has 4 rings (SSSR count). The molecule has 1 saturated carbocycles. The molecular weight excluding hydrogens is 410 g/mol. The van der Waals surface area contributed by atoms with E-state index in [0.717, 1.165) is 49.2 Å². The van der Waals surface area contributed by atoms with Gasteiger partial charge in [-0.15, -0.1) is 5.10 Å². The van der Waals surface area contributed by atoms with Crippen LogP contribution in [-0.2, 0) is 11.2 Å². The molecule has 0 spiro atoms. The summed E-state index contributed by atoms with van der Waals surface area (Å²) >= 11 is 1.11. The third-order valence-electron chi connectivity index (χ3n) is 5.57. The van der Waals surface area contributed by atoms with Gasteiger partial charge in [0.05, 0.1) is 5.69 Å². The first-order valence-electron chi connectivity index (χ1n) is 10.6. The molecule has 3 aromatic rings. The van der Waals surface area contributed by atoms with E-state index in [9.17, 15) is 9.59 Å². The summed E-state index contributed by atoms with van der Waals surface area (Å²) in [5.41, 5.74) is 2.43. The van der Waals surface area contributed by atoms with Crippen molar-refractivity contribution in [3.05, 3.63) is 71.0 Å². The quantitative estimate of drug-likeness (QED) is 0.607. The third-order valence-corrected chi connectivity index (χ3v) is 6.08. The molecule has 1 aliphatic rings. The Morgan fingerprint density at radius 2 is 2.03 bits per heavy atom. The standard InChI is InChI=1S/C23H25N5O2S/c1-2-16-8-7-11-18(14-16)28(23(30)20-15-31-27-26-20)21(19-12-5-6-13-24-19)22(29)25-17-9-3-4-10-17/h5-8,11-15,17,21H,2-4,9-10H2,1H3,(H,25,29)/t21-/m1/s1. The predicted octanol–water partition coefficient (Wildman–Crippen LogP) is 3.94. The van der Waals surface area contributed by atoms with E-state index in [4.69, 9.17) is 0 Å². The maximum atomic E-state index is 13.6. The van der Waals surface area contributed by atoms with Crippen LogP contribution in [0.5, 0.6) is 0 Å². The van der Waals surface area contributed by atoms with Gasteiger partial charge >= 0.3 is 0 Å². The number of aromatic nitrogens is 3. The highest BCUT2D eigenvalue weighted by Crippen LogP contribution is 2.30. The average molecular weight is 436 g/mol. The molecule has 1 aliphatic carbocycles. The van der Waals surface area contributed by atoms with Gasteiger partial charge in [-0.05, 0) is 60.6 Å². The summed E-state index contributed by atoms with van der Waals surface area (Å²) in [5.74, 6) is -0.608. The number of pyridine rings is 1. The average Bonchev–Trinajstić information content (AvgIpc) is 3.52. The zero-order valence-electron chi connectivity index (χ0n) is 17.4. The monoisotopic (exact) mass is 435 g/mol. The van der Waals surface area contributed by atoms with Crippen molar-refractivity contribution in [1.82, 2.24) is 19.9 Å². The van der Waals surface area contributed by atoms with Crippen molar-refractivity contribution in [2.45, 2.75) is 51.1 Å². The fourth-order valence-corrected chi connectivity index (χ4v) is 4.39. The number of carbonyl (C=O) groups excluding carboxylic acids is 2. The van der Waals surface area contributed by atoms with Crippen LogP contribution < -0.4 is 10.2 Å².